The van der Waals surface area contributed by atoms with Crippen molar-refractivity contribution < 1.29 is 9.32 Å². The summed E-state index contributed by atoms with van der Waals surface area (Å²) in [5.41, 5.74) is 9.62. The van der Waals surface area contributed by atoms with Gasteiger partial charge in [0.1, 0.15) is 5.76 Å². The average Bonchev–Trinajstić information content (AvgIpc) is 2.65. The molecule has 5 nitrogen and oxygen atoms in total. The maximum atomic E-state index is 12.0. The summed E-state index contributed by atoms with van der Waals surface area (Å²) in [4.78, 5) is 12.0. The molecule has 0 bridgehead atoms. The van der Waals surface area contributed by atoms with Crippen molar-refractivity contribution in [3.05, 3.63) is 40.8 Å². The lowest BCUT2D eigenvalue weighted by molar-refractivity contribution is -0.115. The molecule has 0 spiro atoms. The van der Waals surface area contributed by atoms with E-state index < -0.39 is 0 Å². The molecule has 0 aliphatic carbocycles. The number of anilines is 2. The first-order valence-electron chi connectivity index (χ1n) is 6.05. The van der Waals surface area contributed by atoms with Crippen LogP contribution in [-0.2, 0) is 11.2 Å². The van der Waals surface area contributed by atoms with Gasteiger partial charge in [-0.05, 0) is 38.5 Å². The Bertz CT molecular complexity index is 603. The van der Waals surface area contributed by atoms with Crippen LogP contribution >= 0.6 is 12.4 Å². The summed E-state index contributed by atoms with van der Waals surface area (Å²) < 4.78 is 5.04. The van der Waals surface area contributed by atoms with Crippen molar-refractivity contribution in [3.8, 4) is 0 Å². The van der Waals surface area contributed by atoms with Crippen LogP contribution in [0.5, 0.6) is 0 Å². The fraction of sp³-hybridized carbons (Fsp3) is 0.286. The molecule has 20 heavy (non-hydrogen) atoms. The normalized spacial score (nSPS) is 9.95. The van der Waals surface area contributed by atoms with Gasteiger partial charge in [-0.2, -0.15) is 0 Å². The first-order valence-corrected chi connectivity index (χ1v) is 6.05. The van der Waals surface area contributed by atoms with E-state index >= 15 is 0 Å². The molecule has 1 aromatic heterocycles. The number of nitrogens with zero attached hydrogens (tertiary/aromatic N) is 1. The molecule has 3 N–H and O–H groups in total. The summed E-state index contributed by atoms with van der Waals surface area (Å²) in [5, 5.41) is 6.69. The third kappa shape index (κ3) is 3.51. The van der Waals surface area contributed by atoms with Crippen LogP contribution in [0.25, 0.3) is 0 Å². The van der Waals surface area contributed by atoms with E-state index in [-0.39, 0.29) is 24.7 Å². The predicted molar refractivity (Wildman–Crippen MR) is 81.2 cm³/mol. The predicted octanol–water partition coefficient (Wildman–Crippen LogP) is 2.79. The number of amides is 1. The highest BCUT2D eigenvalue weighted by molar-refractivity contribution is 5.93. The summed E-state index contributed by atoms with van der Waals surface area (Å²) >= 11 is 0. The van der Waals surface area contributed by atoms with Gasteiger partial charge in [0.15, 0.2) is 0 Å². The fourth-order valence-electron chi connectivity index (χ4n) is 1.88. The molecule has 0 aliphatic rings. The lowest BCUT2D eigenvalue weighted by Gasteiger charge is -2.09. The van der Waals surface area contributed by atoms with Gasteiger partial charge in [-0.15, -0.1) is 12.4 Å². The Morgan fingerprint density at radius 3 is 2.65 bits per heavy atom. The molecule has 1 heterocycles. The van der Waals surface area contributed by atoms with Gasteiger partial charge in [-0.1, -0.05) is 11.2 Å². The summed E-state index contributed by atoms with van der Waals surface area (Å²) in [6.45, 7) is 5.55. The number of rotatable bonds is 3. The van der Waals surface area contributed by atoms with Crippen molar-refractivity contribution in [3.63, 3.8) is 0 Å². The maximum Gasteiger partial charge on any atom is 0.229 e. The lowest BCUT2D eigenvalue weighted by Crippen LogP contribution is -2.16. The number of carbonyl (C=O) groups excluding carboxylic acids is 1. The number of nitrogens with two attached hydrogens (primary N) is 1. The monoisotopic (exact) mass is 295 g/mol. The van der Waals surface area contributed by atoms with E-state index in [2.05, 4.69) is 10.5 Å². The molecule has 0 saturated heterocycles. The largest absolute Gasteiger partial charge is 0.399 e. The lowest BCUT2D eigenvalue weighted by atomic mass is 10.1. The molecule has 108 valence electrons. The Kier molecular flexibility index (Phi) is 5.16. The first-order chi connectivity index (χ1) is 8.97. The van der Waals surface area contributed by atoms with Crippen LogP contribution in [-0.4, -0.2) is 11.1 Å². The smallest absolute Gasteiger partial charge is 0.229 e. The molecule has 0 unspecified atom stereocenters. The number of nitrogens with one attached hydrogen (secondary N) is 1. The number of hydrogen-bond acceptors (Lipinski definition) is 4. The average molecular weight is 296 g/mol. The quantitative estimate of drug-likeness (QED) is 0.853. The molecule has 6 heteroatoms. The van der Waals surface area contributed by atoms with Crippen molar-refractivity contribution in [2.24, 2.45) is 0 Å². The van der Waals surface area contributed by atoms with Crippen LogP contribution < -0.4 is 11.1 Å². The van der Waals surface area contributed by atoms with Crippen molar-refractivity contribution >= 4 is 29.7 Å². The van der Waals surface area contributed by atoms with Crippen LogP contribution in [0.4, 0.5) is 11.4 Å². The van der Waals surface area contributed by atoms with Crippen molar-refractivity contribution in [1.82, 2.24) is 5.16 Å². The number of hydrogen-bond donors (Lipinski definition) is 2. The molecule has 1 amide bonds. The minimum Gasteiger partial charge on any atom is -0.399 e. The summed E-state index contributed by atoms with van der Waals surface area (Å²) in [6.07, 6.45) is 0.245. The molecule has 0 fully saturated rings. The third-order valence-electron chi connectivity index (χ3n) is 3.05. The van der Waals surface area contributed by atoms with Gasteiger partial charge in [0.05, 0.1) is 12.1 Å². The van der Waals surface area contributed by atoms with Gasteiger partial charge in [0.25, 0.3) is 0 Å². The standard InChI is InChI=1S/C14H17N3O2.ClH/c1-8-4-5-11(15)6-13(8)16-14(18)7-12-9(2)17-19-10(12)3;/h4-6H,7,15H2,1-3H3,(H,16,18);1H. The molecule has 0 aliphatic heterocycles. The summed E-state index contributed by atoms with van der Waals surface area (Å²) in [6, 6.07) is 5.43. The van der Waals surface area contributed by atoms with Gasteiger partial charge in [-0.25, -0.2) is 0 Å². The molecule has 0 saturated carbocycles. The highest BCUT2D eigenvalue weighted by Crippen LogP contribution is 2.19. The Morgan fingerprint density at radius 2 is 2.05 bits per heavy atom. The second-order valence-corrected chi connectivity index (χ2v) is 4.60. The molecule has 2 aromatic rings. The second-order valence-electron chi connectivity index (χ2n) is 4.60. The van der Waals surface area contributed by atoms with Gasteiger partial charge in [0.2, 0.25) is 5.91 Å². The number of halogens is 1. The van der Waals surface area contributed by atoms with E-state index in [1.807, 2.05) is 19.9 Å². The van der Waals surface area contributed by atoms with E-state index in [0.29, 0.717) is 11.4 Å². The zero-order valence-electron chi connectivity index (χ0n) is 11.7. The SMILES string of the molecule is Cc1ccc(N)cc1NC(=O)Cc1c(C)noc1C.Cl. The Hall–Kier alpha value is -2.01. The van der Waals surface area contributed by atoms with Gasteiger partial charge >= 0.3 is 0 Å². The van der Waals surface area contributed by atoms with Crippen molar-refractivity contribution in [2.75, 3.05) is 11.1 Å². The van der Waals surface area contributed by atoms with Gasteiger partial charge < -0.3 is 15.6 Å². The number of benzene rings is 1. The summed E-state index contributed by atoms with van der Waals surface area (Å²) in [7, 11) is 0. The molecular formula is C14H18ClN3O2. The van der Waals surface area contributed by atoms with Crippen LogP contribution in [0, 0.1) is 20.8 Å². The minimum absolute atomic E-state index is 0. The van der Waals surface area contributed by atoms with Crippen LogP contribution in [0.3, 0.4) is 0 Å². The van der Waals surface area contributed by atoms with Crippen LogP contribution in [0.15, 0.2) is 22.7 Å². The number of nitrogen functional groups attached to an aromatic ring is 1. The van der Waals surface area contributed by atoms with Crippen LogP contribution in [0.1, 0.15) is 22.6 Å². The second kappa shape index (κ2) is 6.43. The number of aryl methyl sites for hydroxylation is 3. The van der Waals surface area contributed by atoms with E-state index in [0.717, 1.165) is 22.5 Å². The Balaban J connectivity index is 0.00000200. The zero-order chi connectivity index (χ0) is 14.0. The van der Waals surface area contributed by atoms with E-state index in [9.17, 15) is 4.79 Å². The Morgan fingerprint density at radius 1 is 1.35 bits per heavy atom. The molecule has 0 radical (unpaired) electrons. The zero-order valence-corrected chi connectivity index (χ0v) is 12.5. The minimum atomic E-state index is -0.108. The number of aromatic nitrogens is 1. The maximum absolute atomic E-state index is 12.0. The molecular weight excluding hydrogens is 278 g/mol. The van der Waals surface area contributed by atoms with E-state index in [1.54, 1.807) is 19.1 Å². The van der Waals surface area contributed by atoms with E-state index in [4.69, 9.17) is 10.3 Å². The molecule has 2 rings (SSSR count). The van der Waals surface area contributed by atoms with Gasteiger partial charge in [0, 0.05) is 16.9 Å². The molecule has 1 aromatic carbocycles. The highest BCUT2D eigenvalue weighted by Gasteiger charge is 2.14. The van der Waals surface area contributed by atoms with Crippen molar-refractivity contribution in [1.29, 1.82) is 0 Å². The highest BCUT2D eigenvalue weighted by atomic mass is 35.5. The third-order valence-corrected chi connectivity index (χ3v) is 3.05. The number of carbonyl (C=O) groups is 1. The van der Waals surface area contributed by atoms with Crippen LogP contribution in [0.2, 0.25) is 0 Å². The van der Waals surface area contributed by atoms with E-state index in [1.165, 1.54) is 0 Å². The first kappa shape index (κ1) is 16.0. The Labute approximate surface area is 123 Å². The summed E-state index contributed by atoms with van der Waals surface area (Å²) in [5.74, 6) is 0.569. The van der Waals surface area contributed by atoms with Crippen molar-refractivity contribution in [2.45, 2.75) is 27.2 Å². The topological polar surface area (TPSA) is 81.1 Å². The molecule has 0 atom stereocenters. The fourth-order valence-corrected chi connectivity index (χ4v) is 1.88. The van der Waals surface area contributed by atoms with Gasteiger partial charge in [-0.3, -0.25) is 4.79 Å².